The summed E-state index contributed by atoms with van der Waals surface area (Å²) in [7, 11) is 0. The van der Waals surface area contributed by atoms with Gasteiger partial charge in [0.25, 0.3) is 5.78 Å². The van der Waals surface area contributed by atoms with Gasteiger partial charge >= 0.3 is 5.97 Å². The molecule has 1 unspecified atom stereocenters. The second kappa shape index (κ2) is 4.90. The van der Waals surface area contributed by atoms with Crippen molar-refractivity contribution in [2.45, 2.75) is 26.2 Å². The Morgan fingerprint density at radius 3 is 3.00 bits per heavy atom. The lowest BCUT2D eigenvalue weighted by molar-refractivity contribution is -0.145. The van der Waals surface area contributed by atoms with E-state index >= 15 is 0 Å². The Hall–Kier alpha value is -1.98. The lowest BCUT2D eigenvalue weighted by Gasteiger charge is -2.11. The van der Waals surface area contributed by atoms with Crippen LogP contribution in [0.2, 0.25) is 0 Å². The molecule has 2 aromatic rings. The van der Waals surface area contributed by atoms with E-state index in [1.165, 1.54) is 0 Å². The van der Waals surface area contributed by atoms with Crippen molar-refractivity contribution in [3.8, 4) is 0 Å². The summed E-state index contributed by atoms with van der Waals surface area (Å²) in [6.45, 7) is 4.07. The molecule has 0 aliphatic rings. The van der Waals surface area contributed by atoms with E-state index in [1.807, 2.05) is 6.92 Å². The maximum Gasteiger partial charge on any atom is 0.316 e. The van der Waals surface area contributed by atoms with Crippen molar-refractivity contribution >= 4 is 11.7 Å². The maximum atomic E-state index is 11.8. The van der Waals surface area contributed by atoms with Gasteiger partial charge in [0.1, 0.15) is 5.92 Å². The van der Waals surface area contributed by atoms with Crippen molar-refractivity contribution in [3.63, 3.8) is 0 Å². The quantitative estimate of drug-likeness (QED) is 0.743. The number of fused-ring (bicyclic) bond motifs is 1. The summed E-state index contributed by atoms with van der Waals surface area (Å²) < 4.78 is 6.74. The molecule has 0 amide bonds. The highest BCUT2D eigenvalue weighted by Gasteiger charge is 2.25. The third-order valence-electron chi connectivity index (χ3n) is 2.51. The molecule has 0 aromatic carbocycles. The van der Waals surface area contributed by atoms with E-state index in [0.717, 1.165) is 0 Å². The van der Waals surface area contributed by atoms with Crippen molar-refractivity contribution in [3.05, 3.63) is 24.3 Å². The molecule has 2 aromatic heterocycles. The number of esters is 1. The lowest BCUT2D eigenvalue weighted by Crippen LogP contribution is -2.18. The van der Waals surface area contributed by atoms with E-state index in [9.17, 15) is 4.79 Å². The van der Waals surface area contributed by atoms with Crippen LogP contribution in [0.4, 0.5) is 0 Å². The normalized spacial score (nSPS) is 12.6. The number of carbonyl (C=O) groups is 1. The molecule has 6 nitrogen and oxygen atoms in total. The SMILES string of the molecule is CCOC(=O)C(CC)c1nnc2ncccn12. The first kappa shape index (κ1) is 11.5. The zero-order valence-electron chi connectivity index (χ0n) is 9.83. The van der Waals surface area contributed by atoms with E-state index in [0.29, 0.717) is 24.6 Å². The summed E-state index contributed by atoms with van der Waals surface area (Å²) in [5.74, 6) is 0.404. The van der Waals surface area contributed by atoms with Crippen molar-refractivity contribution < 1.29 is 9.53 Å². The molecule has 2 rings (SSSR count). The smallest absolute Gasteiger partial charge is 0.316 e. The molecule has 1 atom stereocenters. The molecular formula is C11H14N4O2. The van der Waals surface area contributed by atoms with Gasteiger partial charge in [-0.1, -0.05) is 6.92 Å². The fourth-order valence-electron chi connectivity index (χ4n) is 1.70. The molecule has 0 fully saturated rings. The molecule has 0 saturated heterocycles. The van der Waals surface area contributed by atoms with Gasteiger partial charge < -0.3 is 4.74 Å². The van der Waals surface area contributed by atoms with Crippen LogP contribution in [0.1, 0.15) is 32.0 Å². The predicted molar refractivity (Wildman–Crippen MR) is 60.4 cm³/mol. The Labute approximate surface area is 98.6 Å². The van der Waals surface area contributed by atoms with Gasteiger partial charge in [-0.05, 0) is 19.4 Å². The molecule has 0 aliphatic carbocycles. The van der Waals surface area contributed by atoms with Crippen molar-refractivity contribution in [2.24, 2.45) is 0 Å². The van der Waals surface area contributed by atoms with E-state index in [2.05, 4.69) is 15.2 Å². The Balaban J connectivity index is 2.40. The van der Waals surface area contributed by atoms with Crippen LogP contribution in [-0.2, 0) is 9.53 Å². The minimum Gasteiger partial charge on any atom is -0.465 e. The van der Waals surface area contributed by atoms with Crippen LogP contribution in [0, 0.1) is 0 Å². The first-order valence-corrected chi connectivity index (χ1v) is 5.60. The molecule has 0 aliphatic heterocycles. The molecule has 0 radical (unpaired) electrons. The van der Waals surface area contributed by atoms with E-state index in [1.54, 1.807) is 29.8 Å². The van der Waals surface area contributed by atoms with Gasteiger partial charge in [-0.15, -0.1) is 10.2 Å². The molecule has 17 heavy (non-hydrogen) atoms. The van der Waals surface area contributed by atoms with Gasteiger partial charge in [-0.3, -0.25) is 9.20 Å². The van der Waals surface area contributed by atoms with Crippen LogP contribution in [0.3, 0.4) is 0 Å². The molecule has 0 saturated carbocycles. The first-order chi connectivity index (χ1) is 8.27. The molecule has 0 spiro atoms. The Morgan fingerprint density at radius 2 is 2.29 bits per heavy atom. The van der Waals surface area contributed by atoms with Crippen LogP contribution in [0.25, 0.3) is 5.78 Å². The Bertz CT molecular complexity index is 523. The summed E-state index contributed by atoms with van der Waals surface area (Å²) >= 11 is 0. The molecule has 0 bridgehead atoms. The fraction of sp³-hybridized carbons (Fsp3) is 0.455. The first-order valence-electron chi connectivity index (χ1n) is 5.60. The molecule has 2 heterocycles. The summed E-state index contributed by atoms with van der Waals surface area (Å²) in [4.78, 5) is 15.9. The van der Waals surface area contributed by atoms with Crippen LogP contribution in [0.5, 0.6) is 0 Å². The van der Waals surface area contributed by atoms with Gasteiger partial charge in [0.2, 0.25) is 0 Å². The number of hydrogen-bond donors (Lipinski definition) is 0. The lowest BCUT2D eigenvalue weighted by atomic mass is 10.1. The highest BCUT2D eigenvalue weighted by atomic mass is 16.5. The number of ether oxygens (including phenoxy) is 1. The molecular weight excluding hydrogens is 220 g/mol. The minimum absolute atomic E-state index is 0.270. The third-order valence-corrected chi connectivity index (χ3v) is 2.51. The summed E-state index contributed by atoms with van der Waals surface area (Å²) in [5.41, 5.74) is 0. The molecule has 6 heteroatoms. The molecule has 0 N–H and O–H groups in total. The zero-order chi connectivity index (χ0) is 12.3. The molecule has 90 valence electrons. The predicted octanol–water partition coefficient (Wildman–Crippen LogP) is 1.18. The number of nitrogens with zero attached hydrogens (tertiary/aromatic N) is 4. The van der Waals surface area contributed by atoms with Gasteiger partial charge in [0.15, 0.2) is 5.82 Å². The van der Waals surface area contributed by atoms with Gasteiger partial charge in [-0.2, -0.15) is 0 Å². The standard InChI is InChI=1S/C11H14N4O2/c1-3-8(10(16)17-4-2)9-13-14-11-12-6-5-7-15(9)11/h5-8H,3-4H2,1-2H3. The maximum absolute atomic E-state index is 11.8. The zero-order valence-corrected chi connectivity index (χ0v) is 9.83. The van der Waals surface area contributed by atoms with Crippen LogP contribution in [0.15, 0.2) is 18.5 Å². The Kier molecular flexibility index (Phi) is 3.32. The van der Waals surface area contributed by atoms with Crippen LogP contribution < -0.4 is 0 Å². The summed E-state index contributed by atoms with van der Waals surface area (Å²) in [5, 5.41) is 7.94. The van der Waals surface area contributed by atoms with E-state index in [-0.39, 0.29) is 5.97 Å². The van der Waals surface area contributed by atoms with Gasteiger partial charge in [-0.25, -0.2) is 4.98 Å². The number of aromatic nitrogens is 4. The fourth-order valence-corrected chi connectivity index (χ4v) is 1.70. The third kappa shape index (κ3) is 2.11. The van der Waals surface area contributed by atoms with Crippen LogP contribution in [-0.4, -0.2) is 32.2 Å². The van der Waals surface area contributed by atoms with E-state index in [4.69, 9.17) is 4.74 Å². The van der Waals surface area contributed by atoms with Crippen LogP contribution >= 0.6 is 0 Å². The topological polar surface area (TPSA) is 69.4 Å². The van der Waals surface area contributed by atoms with Crippen molar-refractivity contribution in [2.75, 3.05) is 6.61 Å². The van der Waals surface area contributed by atoms with Crippen molar-refractivity contribution in [1.29, 1.82) is 0 Å². The second-order valence-electron chi connectivity index (χ2n) is 3.56. The number of hydrogen-bond acceptors (Lipinski definition) is 5. The average molecular weight is 234 g/mol. The highest BCUT2D eigenvalue weighted by molar-refractivity contribution is 5.77. The minimum atomic E-state index is -0.394. The highest BCUT2D eigenvalue weighted by Crippen LogP contribution is 2.19. The van der Waals surface area contributed by atoms with Gasteiger partial charge in [0, 0.05) is 12.4 Å². The van der Waals surface area contributed by atoms with Crippen molar-refractivity contribution in [1.82, 2.24) is 19.6 Å². The van der Waals surface area contributed by atoms with E-state index < -0.39 is 5.92 Å². The largest absolute Gasteiger partial charge is 0.465 e. The number of rotatable bonds is 4. The van der Waals surface area contributed by atoms with Gasteiger partial charge in [0.05, 0.1) is 6.61 Å². The summed E-state index contributed by atoms with van der Waals surface area (Å²) in [6.07, 6.45) is 4.05. The Morgan fingerprint density at radius 1 is 1.47 bits per heavy atom. The summed E-state index contributed by atoms with van der Waals surface area (Å²) in [6, 6.07) is 1.78. The monoisotopic (exact) mass is 234 g/mol. The second-order valence-corrected chi connectivity index (χ2v) is 3.56. The average Bonchev–Trinajstić information content (AvgIpc) is 2.75. The number of carbonyl (C=O) groups excluding carboxylic acids is 1.